The van der Waals surface area contributed by atoms with E-state index in [9.17, 15) is 10.1 Å². The van der Waals surface area contributed by atoms with Gasteiger partial charge in [0.2, 0.25) is 10.6 Å². The first-order valence-corrected chi connectivity index (χ1v) is 13.9. The molecule has 0 unspecified atom stereocenters. The third-order valence-electron chi connectivity index (χ3n) is 5.87. The number of halogens is 6. The molecule has 33 heavy (non-hydrogen) atoms. The summed E-state index contributed by atoms with van der Waals surface area (Å²) in [7, 11) is 0. The van der Waals surface area contributed by atoms with Crippen LogP contribution in [0.4, 0.5) is 5.69 Å². The summed E-state index contributed by atoms with van der Waals surface area (Å²) in [6.45, 7) is 1.71. The maximum absolute atomic E-state index is 11.2. The van der Waals surface area contributed by atoms with Crippen molar-refractivity contribution >= 4 is 115 Å². The Labute approximate surface area is 231 Å². The number of benzene rings is 2. The van der Waals surface area contributed by atoms with E-state index in [0.717, 1.165) is 68.8 Å². The van der Waals surface area contributed by atoms with E-state index < -0.39 is 4.92 Å². The number of nitrogens with zero attached hydrogens (tertiary/aromatic N) is 5. The lowest BCUT2D eigenvalue weighted by molar-refractivity contribution is -0.384. The van der Waals surface area contributed by atoms with Crippen LogP contribution < -0.4 is 0 Å². The van der Waals surface area contributed by atoms with Crippen molar-refractivity contribution in [3.63, 3.8) is 0 Å². The van der Waals surface area contributed by atoms with E-state index in [2.05, 4.69) is 78.3 Å². The molecule has 2 aromatic heterocycles. The van der Waals surface area contributed by atoms with Crippen molar-refractivity contribution in [3.8, 4) is 0 Å². The quantitative estimate of drug-likeness (QED) is 0.145. The van der Waals surface area contributed by atoms with Gasteiger partial charge in [-0.15, -0.1) is 0 Å². The normalized spacial score (nSPS) is 14.5. The van der Waals surface area contributed by atoms with Crippen LogP contribution in [0, 0.1) is 10.1 Å². The van der Waals surface area contributed by atoms with Crippen molar-refractivity contribution in [2.45, 2.75) is 38.8 Å². The Morgan fingerprint density at radius 1 is 0.879 bits per heavy atom. The summed E-state index contributed by atoms with van der Waals surface area (Å²) in [6, 6.07) is 2.01. The first kappa shape index (κ1) is 24.0. The van der Waals surface area contributed by atoms with Gasteiger partial charge in [0.25, 0.3) is 0 Å². The standard InChI is InChI=1S/C10H6Br2ClN3O2.C10H7Br2ClN2/c11-5-4-2-1-3-15-8(4)7(14-10(15)13)9(6(5)12)16(17)18;11-6-4-7-9-5(8(6)12)2-1-3-15(9)10(13)14-7/h1-3H2;4H,1-3H2. The Balaban J connectivity index is 0.000000140. The van der Waals surface area contributed by atoms with Crippen LogP contribution in [0.25, 0.3) is 22.1 Å². The molecule has 0 saturated heterocycles. The first-order valence-electron chi connectivity index (χ1n) is 9.93. The van der Waals surface area contributed by atoms with Crippen LogP contribution in [0.15, 0.2) is 24.0 Å². The zero-order valence-corrected chi connectivity index (χ0v) is 24.5. The van der Waals surface area contributed by atoms with E-state index in [1.54, 1.807) is 0 Å². The maximum atomic E-state index is 11.2. The highest BCUT2D eigenvalue weighted by atomic mass is 79.9. The summed E-state index contributed by atoms with van der Waals surface area (Å²) >= 11 is 26.0. The van der Waals surface area contributed by atoms with Gasteiger partial charge in [0.05, 0.1) is 21.5 Å². The van der Waals surface area contributed by atoms with E-state index in [0.29, 0.717) is 20.6 Å². The molecule has 7 nitrogen and oxygen atoms in total. The Bertz CT molecular complexity index is 1480. The minimum Gasteiger partial charge on any atom is -0.314 e. The number of aryl methyl sites for hydroxylation is 4. The van der Waals surface area contributed by atoms with Crippen LogP contribution >= 0.6 is 86.9 Å². The van der Waals surface area contributed by atoms with Crippen LogP contribution in [0.3, 0.4) is 0 Å². The fourth-order valence-corrected chi connectivity index (χ4v) is 7.11. The highest BCUT2D eigenvalue weighted by Gasteiger charge is 2.30. The lowest BCUT2D eigenvalue weighted by atomic mass is 10.0. The van der Waals surface area contributed by atoms with Crippen LogP contribution in [-0.2, 0) is 25.9 Å². The lowest BCUT2D eigenvalue weighted by Gasteiger charge is -2.17. The molecule has 0 fully saturated rings. The number of aromatic nitrogens is 4. The van der Waals surface area contributed by atoms with Crippen molar-refractivity contribution in [1.29, 1.82) is 0 Å². The van der Waals surface area contributed by atoms with Gasteiger partial charge < -0.3 is 9.13 Å². The molecule has 2 aliphatic rings. The highest BCUT2D eigenvalue weighted by Crippen LogP contribution is 2.45. The second-order valence-electron chi connectivity index (χ2n) is 7.70. The number of imidazole rings is 2. The number of nitro benzene ring substituents is 1. The average molecular weight is 746 g/mol. The van der Waals surface area contributed by atoms with Crippen molar-refractivity contribution in [2.24, 2.45) is 0 Å². The van der Waals surface area contributed by atoms with Crippen molar-refractivity contribution in [3.05, 3.63) is 55.8 Å². The maximum Gasteiger partial charge on any atom is 0.312 e. The molecule has 172 valence electrons. The summed E-state index contributed by atoms with van der Waals surface area (Å²) in [5.74, 6) is 0. The molecule has 0 radical (unpaired) electrons. The van der Waals surface area contributed by atoms with Gasteiger partial charge in [-0.3, -0.25) is 10.1 Å². The number of nitro groups is 1. The third-order valence-corrected chi connectivity index (χ3v) is 10.7. The lowest BCUT2D eigenvalue weighted by Crippen LogP contribution is -2.09. The van der Waals surface area contributed by atoms with Gasteiger partial charge in [-0.25, -0.2) is 9.97 Å². The van der Waals surface area contributed by atoms with E-state index >= 15 is 0 Å². The Hall–Kier alpha value is -0.720. The van der Waals surface area contributed by atoms with Crippen LogP contribution in [-0.4, -0.2) is 24.0 Å². The largest absolute Gasteiger partial charge is 0.314 e. The summed E-state index contributed by atoms with van der Waals surface area (Å²) in [5, 5.41) is 12.1. The minimum absolute atomic E-state index is 0.0387. The first-order chi connectivity index (χ1) is 15.7. The van der Waals surface area contributed by atoms with E-state index in [4.69, 9.17) is 23.2 Å². The Morgan fingerprint density at radius 3 is 2.09 bits per heavy atom. The fourth-order valence-electron chi connectivity index (χ4n) is 4.49. The molecule has 0 N–H and O–H groups in total. The van der Waals surface area contributed by atoms with Crippen LogP contribution in [0.1, 0.15) is 24.0 Å². The van der Waals surface area contributed by atoms with E-state index in [1.807, 2.05) is 10.6 Å². The summed E-state index contributed by atoms with van der Waals surface area (Å²) < 4.78 is 7.26. The SMILES string of the molecule is Clc1nc2cc(Br)c(Br)c3c2n1CCC3.O=[N+]([O-])c1c(Br)c(Br)c2c3c1nc(Cl)n3CCC2. The molecule has 2 aromatic carbocycles. The molecule has 4 heterocycles. The van der Waals surface area contributed by atoms with Gasteiger partial charge in [-0.05, 0) is 130 Å². The fraction of sp³-hybridized carbons (Fsp3) is 0.300. The summed E-state index contributed by atoms with van der Waals surface area (Å²) in [4.78, 5) is 19.3. The number of rotatable bonds is 1. The molecule has 13 heteroatoms. The minimum atomic E-state index is -0.434. The Kier molecular flexibility index (Phi) is 6.58. The molecule has 0 spiro atoms. The molecule has 2 aliphatic heterocycles. The number of hydrogen-bond donors (Lipinski definition) is 0. The van der Waals surface area contributed by atoms with Crippen molar-refractivity contribution in [2.75, 3.05) is 0 Å². The summed E-state index contributed by atoms with van der Waals surface area (Å²) in [5.41, 5.74) is 5.58. The molecular weight excluding hydrogens is 733 g/mol. The second kappa shape index (κ2) is 9.05. The smallest absolute Gasteiger partial charge is 0.312 e. The molecule has 4 aromatic rings. The van der Waals surface area contributed by atoms with Gasteiger partial charge >= 0.3 is 5.69 Å². The average Bonchev–Trinajstić information content (AvgIpc) is 3.29. The van der Waals surface area contributed by atoms with Gasteiger partial charge in [0.1, 0.15) is 4.47 Å². The predicted molar refractivity (Wildman–Crippen MR) is 144 cm³/mol. The monoisotopic (exact) mass is 741 g/mol. The van der Waals surface area contributed by atoms with E-state index in [-0.39, 0.29) is 5.69 Å². The molecule has 6 rings (SSSR count). The van der Waals surface area contributed by atoms with E-state index in [1.165, 1.54) is 11.1 Å². The van der Waals surface area contributed by atoms with Crippen molar-refractivity contribution in [1.82, 2.24) is 19.1 Å². The van der Waals surface area contributed by atoms with Gasteiger partial charge in [-0.2, -0.15) is 0 Å². The van der Waals surface area contributed by atoms with Gasteiger partial charge in [-0.1, -0.05) is 0 Å². The highest BCUT2D eigenvalue weighted by molar-refractivity contribution is 9.13. The number of hydrogen-bond acceptors (Lipinski definition) is 4. The summed E-state index contributed by atoms with van der Waals surface area (Å²) in [6.07, 6.45) is 4.00. The van der Waals surface area contributed by atoms with Crippen LogP contribution in [0.2, 0.25) is 10.6 Å². The Morgan fingerprint density at radius 2 is 1.45 bits per heavy atom. The van der Waals surface area contributed by atoms with Gasteiger partial charge in [0, 0.05) is 26.5 Å². The topological polar surface area (TPSA) is 78.8 Å². The van der Waals surface area contributed by atoms with Gasteiger partial charge in [0.15, 0.2) is 5.52 Å². The van der Waals surface area contributed by atoms with Crippen LogP contribution in [0.5, 0.6) is 0 Å². The van der Waals surface area contributed by atoms with Crippen molar-refractivity contribution < 1.29 is 4.92 Å². The molecule has 0 amide bonds. The molecule has 0 saturated carbocycles. The zero-order chi connectivity index (χ0) is 23.6. The second-order valence-corrected chi connectivity index (χ2v) is 11.6. The molecule has 0 bridgehead atoms. The zero-order valence-electron chi connectivity index (χ0n) is 16.6. The molecule has 0 atom stereocenters. The predicted octanol–water partition coefficient (Wildman–Crippen LogP) is 8.23. The third kappa shape index (κ3) is 3.87. The molecular formula is C20H13Br4Cl2N5O2. The molecule has 0 aliphatic carbocycles.